The third-order valence-corrected chi connectivity index (χ3v) is 4.33. The number of H-pyrrole nitrogens is 2. The van der Waals surface area contributed by atoms with Crippen LogP contribution in [0.2, 0.25) is 0 Å². The molecule has 0 aliphatic heterocycles. The smallest absolute Gasteiger partial charge is 0.324 e. The van der Waals surface area contributed by atoms with E-state index in [1.165, 1.54) is 6.92 Å². The van der Waals surface area contributed by atoms with Crippen LogP contribution in [0.3, 0.4) is 0 Å². The first-order chi connectivity index (χ1) is 14.4. The summed E-state index contributed by atoms with van der Waals surface area (Å²) in [6.07, 6.45) is 0.990. The molecule has 0 bridgehead atoms. The van der Waals surface area contributed by atoms with Crippen LogP contribution in [-0.2, 0) is 9.59 Å². The molecule has 150 valence electrons. The van der Waals surface area contributed by atoms with Crippen LogP contribution in [0.5, 0.6) is 0 Å². The van der Waals surface area contributed by atoms with E-state index in [1.807, 2.05) is 6.07 Å². The molecule has 0 radical (unpaired) electrons. The summed E-state index contributed by atoms with van der Waals surface area (Å²) in [5.74, 6) is -1.22. The van der Waals surface area contributed by atoms with Gasteiger partial charge >= 0.3 is 11.4 Å². The summed E-state index contributed by atoms with van der Waals surface area (Å²) < 4.78 is 1.69. The summed E-state index contributed by atoms with van der Waals surface area (Å²) >= 11 is 0. The molecule has 0 saturated heterocycles. The van der Waals surface area contributed by atoms with Gasteiger partial charge in [-0.05, 0) is 31.2 Å². The number of anilines is 1. The maximum absolute atomic E-state index is 12.6. The molecule has 0 spiro atoms. The number of para-hydroxylation sites is 3. The van der Waals surface area contributed by atoms with Crippen molar-refractivity contribution in [1.29, 1.82) is 0 Å². The second-order valence-corrected chi connectivity index (χ2v) is 6.40. The number of rotatable bonds is 5. The molecule has 10 heteroatoms. The number of Topliss-reactive ketones (excluding diaryl/α,β-unsaturated/α-hetero) is 1. The van der Waals surface area contributed by atoms with Crippen LogP contribution < -0.4 is 16.7 Å². The highest BCUT2D eigenvalue weighted by atomic mass is 16.2. The van der Waals surface area contributed by atoms with Crippen LogP contribution in [0.25, 0.3) is 22.9 Å². The van der Waals surface area contributed by atoms with Crippen LogP contribution in [0.15, 0.2) is 69.8 Å². The monoisotopic (exact) mass is 404 g/mol. The molecule has 0 fully saturated rings. The Morgan fingerprint density at radius 3 is 2.43 bits per heavy atom. The highest BCUT2D eigenvalue weighted by Crippen LogP contribution is 2.14. The van der Waals surface area contributed by atoms with E-state index >= 15 is 0 Å². The Balaban J connectivity index is 1.69. The molecule has 30 heavy (non-hydrogen) atoms. The topological polar surface area (TPSA) is 135 Å². The van der Waals surface area contributed by atoms with Gasteiger partial charge in [0, 0.05) is 6.20 Å². The second-order valence-electron chi connectivity index (χ2n) is 6.40. The van der Waals surface area contributed by atoms with Gasteiger partial charge in [-0.3, -0.25) is 14.9 Å². The summed E-state index contributed by atoms with van der Waals surface area (Å²) in [6, 6.07) is 15.4. The molecule has 0 aliphatic rings. The Kier molecular flexibility index (Phi) is 4.72. The van der Waals surface area contributed by atoms with Crippen molar-refractivity contribution in [1.82, 2.24) is 24.3 Å². The van der Waals surface area contributed by atoms with E-state index in [1.54, 1.807) is 48.5 Å². The number of aromatic amines is 2. The summed E-state index contributed by atoms with van der Waals surface area (Å²) in [5.41, 5.74) is -0.0844. The number of nitrogens with one attached hydrogen (secondary N) is 3. The van der Waals surface area contributed by atoms with E-state index in [0.717, 1.165) is 15.4 Å². The molecule has 10 nitrogen and oxygen atoms in total. The number of nitrogens with zero attached hydrogens (tertiary/aromatic N) is 3. The first kappa shape index (κ1) is 18.9. The lowest BCUT2D eigenvalue weighted by Crippen LogP contribution is -2.27. The van der Waals surface area contributed by atoms with E-state index < -0.39 is 23.1 Å². The van der Waals surface area contributed by atoms with Gasteiger partial charge in [-0.25, -0.2) is 28.9 Å². The highest BCUT2D eigenvalue weighted by Gasteiger charge is 2.18. The first-order valence-electron chi connectivity index (χ1n) is 8.92. The van der Waals surface area contributed by atoms with Crippen molar-refractivity contribution in [2.24, 2.45) is 0 Å². The molecule has 2 aromatic carbocycles. The molecular formula is C20H16N6O4. The summed E-state index contributed by atoms with van der Waals surface area (Å²) in [4.78, 5) is 56.7. The van der Waals surface area contributed by atoms with Crippen LogP contribution >= 0.6 is 0 Å². The van der Waals surface area contributed by atoms with Crippen molar-refractivity contribution < 1.29 is 9.59 Å². The van der Waals surface area contributed by atoms with Crippen LogP contribution in [0.4, 0.5) is 5.95 Å². The molecule has 0 unspecified atom stereocenters. The quantitative estimate of drug-likeness (QED) is 0.262. The van der Waals surface area contributed by atoms with Gasteiger partial charge in [0.05, 0.1) is 16.7 Å². The second kappa shape index (κ2) is 7.51. The van der Waals surface area contributed by atoms with Gasteiger partial charge in [0.15, 0.2) is 5.78 Å². The SMILES string of the molecule is CC(=O)/C(=C\n1[nH]c(=O)n(-c2ccccc2)c1=O)C(=O)Nc1nc2ccccc2[nH]1. The maximum atomic E-state index is 12.6. The summed E-state index contributed by atoms with van der Waals surface area (Å²) in [7, 11) is 0. The summed E-state index contributed by atoms with van der Waals surface area (Å²) in [6.45, 7) is 1.18. The van der Waals surface area contributed by atoms with Crippen molar-refractivity contribution in [2.75, 3.05) is 5.32 Å². The van der Waals surface area contributed by atoms with E-state index in [2.05, 4.69) is 20.4 Å². The van der Waals surface area contributed by atoms with Gasteiger partial charge in [0.2, 0.25) is 5.95 Å². The number of carbonyl (C=O) groups is 2. The molecule has 0 aliphatic carbocycles. The van der Waals surface area contributed by atoms with E-state index in [0.29, 0.717) is 16.7 Å². The molecule has 2 heterocycles. The maximum Gasteiger partial charge on any atom is 0.355 e. The fourth-order valence-electron chi connectivity index (χ4n) is 2.91. The van der Waals surface area contributed by atoms with Gasteiger partial charge < -0.3 is 4.98 Å². The molecular weight excluding hydrogens is 388 g/mol. The third-order valence-electron chi connectivity index (χ3n) is 4.33. The van der Waals surface area contributed by atoms with Gasteiger partial charge in [-0.15, -0.1) is 0 Å². The number of fused-ring (bicyclic) bond motifs is 1. The number of hydrogen-bond acceptors (Lipinski definition) is 5. The zero-order chi connectivity index (χ0) is 21.3. The number of imidazole rings is 1. The zero-order valence-corrected chi connectivity index (χ0v) is 15.7. The number of benzene rings is 2. The Morgan fingerprint density at radius 2 is 1.73 bits per heavy atom. The van der Waals surface area contributed by atoms with Crippen molar-refractivity contribution in [2.45, 2.75) is 6.92 Å². The summed E-state index contributed by atoms with van der Waals surface area (Å²) in [5, 5.41) is 4.81. The largest absolute Gasteiger partial charge is 0.355 e. The Bertz CT molecular complexity index is 1370. The number of carbonyl (C=O) groups excluding carboxylic acids is 2. The molecule has 4 aromatic rings. The number of ketones is 1. The van der Waals surface area contributed by atoms with Crippen LogP contribution in [0.1, 0.15) is 6.92 Å². The minimum absolute atomic E-state index is 0.149. The minimum Gasteiger partial charge on any atom is -0.324 e. The van der Waals surface area contributed by atoms with E-state index in [4.69, 9.17) is 0 Å². The van der Waals surface area contributed by atoms with Crippen molar-refractivity contribution in [3.8, 4) is 5.69 Å². The van der Waals surface area contributed by atoms with Gasteiger partial charge in [-0.1, -0.05) is 30.3 Å². The lowest BCUT2D eigenvalue weighted by molar-refractivity contribution is -0.118. The Morgan fingerprint density at radius 1 is 1.03 bits per heavy atom. The molecule has 0 saturated carbocycles. The van der Waals surface area contributed by atoms with Gasteiger partial charge in [-0.2, -0.15) is 0 Å². The average molecular weight is 404 g/mol. The van der Waals surface area contributed by atoms with Gasteiger partial charge in [0.1, 0.15) is 5.57 Å². The predicted molar refractivity (Wildman–Crippen MR) is 110 cm³/mol. The van der Waals surface area contributed by atoms with Gasteiger partial charge in [0.25, 0.3) is 5.91 Å². The fraction of sp³-hybridized carbons (Fsp3) is 0.0500. The normalized spacial score (nSPS) is 11.6. The fourth-order valence-corrected chi connectivity index (χ4v) is 2.91. The third kappa shape index (κ3) is 3.49. The van der Waals surface area contributed by atoms with Crippen molar-refractivity contribution in [3.05, 3.63) is 81.1 Å². The Hall–Kier alpha value is -4.47. The molecule has 1 amide bonds. The first-order valence-corrected chi connectivity index (χ1v) is 8.92. The number of amides is 1. The zero-order valence-electron chi connectivity index (χ0n) is 15.7. The van der Waals surface area contributed by atoms with Crippen molar-refractivity contribution in [3.63, 3.8) is 0 Å². The molecule has 4 rings (SSSR count). The van der Waals surface area contributed by atoms with E-state index in [9.17, 15) is 19.2 Å². The number of aromatic nitrogens is 5. The van der Waals surface area contributed by atoms with Crippen LogP contribution in [-0.4, -0.2) is 36.0 Å². The number of hydrogen-bond donors (Lipinski definition) is 3. The molecule has 0 atom stereocenters. The molecule has 3 N–H and O–H groups in total. The predicted octanol–water partition coefficient (Wildman–Crippen LogP) is 1.27. The van der Waals surface area contributed by atoms with E-state index in [-0.39, 0.29) is 11.5 Å². The standard InChI is InChI=1S/C20H16N6O4/c1-12(27)14(17(28)23-18-21-15-9-5-6-10-16(15)22-18)11-25-20(30)26(19(29)24-25)13-7-3-2-4-8-13/h2-11H,1H3,(H,24,29)(H2,21,22,23,28)/b14-11+. The van der Waals surface area contributed by atoms with Crippen molar-refractivity contribution >= 4 is 34.9 Å². The highest BCUT2D eigenvalue weighted by molar-refractivity contribution is 6.24. The lowest BCUT2D eigenvalue weighted by Gasteiger charge is -2.04. The van der Waals surface area contributed by atoms with Crippen LogP contribution in [0, 0.1) is 0 Å². The Labute approximate surface area is 168 Å². The lowest BCUT2D eigenvalue weighted by atomic mass is 10.2. The average Bonchev–Trinajstić information content (AvgIpc) is 3.25. The minimum atomic E-state index is -0.776. The molecule has 2 aromatic heterocycles.